The Hall–Kier alpha value is -2.61. The van der Waals surface area contributed by atoms with Crippen molar-refractivity contribution in [1.29, 1.82) is 0 Å². The number of benzene rings is 2. The second-order valence-corrected chi connectivity index (χ2v) is 8.32. The average molecular weight is 447 g/mol. The van der Waals surface area contributed by atoms with Gasteiger partial charge < -0.3 is 9.73 Å². The lowest BCUT2D eigenvalue weighted by molar-refractivity contribution is -0.121. The Labute approximate surface area is 178 Å². The predicted octanol–water partition coefficient (Wildman–Crippen LogP) is 4.52. The summed E-state index contributed by atoms with van der Waals surface area (Å²) in [6.45, 7) is 0. The maximum atomic E-state index is 12.3. The number of rotatable bonds is 4. The number of amides is 2. The van der Waals surface area contributed by atoms with Crippen molar-refractivity contribution in [3.05, 3.63) is 74.6 Å². The number of fused-ring (bicyclic) bond motifs is 1. The van der Waals surface area contributed by atoms with Crippen LogP contribution in [0.1, 0.15) is 12.0 Å². The molecule has 1 aliphatic heterocycles. The Morgan fingerprint density at radius 2 is 1.83 bits per heavy atom. The number of halogens is 2. The highest BCUT2D eigenvalue weighted by molar-refractivity contribution is 8.16. The van der Waals surface area contributed by atoms with Gasteiger partial charge in [-0.2, -0.15) is 0 Å². The first-order valence-electron chi connectivity index (χ1n) is 8.47. The van der Waals surface area contributed by atoms with Crippen LogP contribution in [0.2, 0.25) is 10.0 Å². The molecule has 0 spiro atoms. The maximum Gasteiger partial charge on any atom is 0.346 e. The first kappa shape index (κ1) is 19.7. The van der Waals surface area contributed by atoms with E-state index in [1.54, 1.807) is 42.5 Å². The second-order valence-electron chi connectivity index (χ2n) is 6.26. The molecule has 29 heavy (non-hydrogen) atoms. The number of carbonyl (C=O) groups excluding carboxylic acids is 2. The van der Waals surface area contributed by atoms with Crippen LogP contribution in [0.4, 0.5) is 5.69 Å². The Bertz CT molecular complexity index is 1220. The highest BCUT2D eigenvalue weighted by Crippen LogP contribution is 2.30. The molecule has 1 atom stereocenters. The zero-order valence-corrected chi connectivity index (χ0v) is 17.0. The molecule has 2 amide bonds. The fourth-order valence-electron chi connectivity index (χ4n) is 2.85. The molecule has 0 fully saturated rings. The molecule has 0 radical (unpaired) electrons. The zero-order chi connectivity index (χ0) is 20.5. The molecule has 9 heteroatoms. The maximum absolute atomic E-state index is 12.3. The molecule has 1 aromatic heterocycles. The van der Waals surface area contributed by atoms with E-state index in [2.05, 4.69) is 10.3 Å². The minimum absolute atomic E-state index is 0.112. The SMILES string of the molecule is O=C(CC1SC(c2cc3ccccc3oc2=O)=NC1=O)Nc1cc(Cl)cc(Cl)c1. The van der Waals surface area contributed by atoms with Crippen LogP contribution in [0.25, 0.3) is 11.0 Å². The first-order chi connectivity index (χ1) is 13.9. The van der Waals surface area contributed by atoms with Crippen molar-refractivity contribution in [2.24, 2.45) is 4.99 Å². The minimum atomic E-state index is -0.731. The van der Waals surface area contributed by atoms with Gasteiger partial charge in [0, 0.05) is 27.5 Å². The van der Waals surface area contributed by atoms with E-state index in [1.165, 1.54) is 0 Å². The number of carbonyl (C=O) groups is 2. The van der Waals surface area contributed by atoms with Crippen LogP contribution in [-0.2, 0) is 9.59 Å². The highest BCUT2D eigenvalue weighted by atomic mass is 35.5. The lowest BCUT2D eigenvalue weighted by Gasteiger charge is -2.09. The molecular formula is C20H12Cl2N2O4S. The Kier molecular flexibility index (Phi) is 5.45. The summed E-state index contributed by atoms with van der Waals surface area (Å²) < 4.78 is 5.29. The van der Waals surface area contributed by atoms with Gasteiger partial charge in [-0.15, -0.1) is 0 Å². The Balaban J connectivity index is 1.49. The number of hydrogen-bond acceptors (Lipinski definition) is 5. The van der Waals surface area contributed by atoms with Crippen LogP contribution in [-0.4, -0.2) is 22.1 Å². The monoisotopic (exact) mass is 446 g/mol. The number of thioether (sulfide) groups is 1. The van der Waals surface area contributed by atoms with Crippen molar-refractivity contribution in [2.45, 2.75) is 11.7 Å². The summed E-state index contributed by atoms with van der Waals surface area (Å²) in [5.41, 5.74) is 0.500. The summed E-state index contributed by atoms with van der Waals surface area (Å²) in [5, 5.41) is 3.66. The van der Waals surface area contributed by atoms with Crippen LogP contribution in [0.15, 0.2) is 62.7 Å². The first-order valence-corrected chi connectivity index (χ1v) is 10.1. The van der Waals surface area contributed by atoms with Crippen molar-refractivity contribution < 1.29 is 14.0 Å². The number of anilines is 1. The van der Waals surface area contributed by atoms with E-state index >= 15 is 0 Å². The van der Waals surface area contributed by atoms with Gasteiger partial charge in [0.2, 0.25) is 5.91 Å². The van der Waals surface area contributed by atoms with E-state index in [9.17, 15) is 14.4 Å². The van der Waals surface area contributed by atoms with Crippen molar-refractivity contribution in [3.8, 4) is 0 Å². The summed E-state index contributed by atoms with van der Waals surface area (Å²) in [5.74, 6) is -0.868. The lowest BCUT2D eigenvalue weighted by Crippen LogP contribution is -2.21. The minimum Gasteiger partial charge on any atom is -0.422 e. The third kappa shape index (κ3) is 4.37. The zero-order valence-electron chi connectivity index (χ0n) is 14.6. The third-order valence-corrected chi connectivity index (χ3v) is 5.75. The van der Waals surface area contributed by atoms with Crippen LogP contribution >= 0.6 is 35.0 Å². The molecule has 0 aliphatic carbocycles. The number of aliphatic imine (C=N–C) groups is 1. The number of nitrogens with zero attached hydrogens (tertiary/aromatic N) is 1. The predicted molar refractivity (Wildman–Crippen MR) is 115 cm³/mol. The average Bonchev–Trinajstić information content (AvgIpc) is 3.00. The molecule has 0 bridgehead atoms. The summed E-state index contributed by atoms with van der Waals surface area (Å²) >= 11 is 12.9. The van der Waals surface area contributed by atoms with Crippen molar-refractivity contribution >= 4 is 68.5 Å². The topological polar surface area (TPSA) is 88.7 Å². The largest absolute Gasteiger partial charge is 0.422 e. The summed E-state index contributed by atoms with van der Waals surface area (Å²) in [6.07, 6.45) is -0.112. The van der Waals surface area contributed by atoms with Gasteiger partial charge in [-0.3, -0.25) is 9.59 Å². The fraction of sp³-hybridized carbons (Fsp3) is 0.100. The van der Waals surface area contributed by atoms with Crippen LogP contribution in [0, 0.1) is 0 Å². The van der Waals surface area contributed by atoms with E-state index in [0.29, 0.717) is 21.3 Å². The molecule has 1 N–H and O–H groups in total. The molecule has 0 saturated carbocycles. The van der Waals surface area contributed by atoms with Crippen LogP contribution in [0.5, 0.6) is 0 Å². The van der Waals surface area contributed by atoms with E-state index in [1.807, 2.05) is 6.07 Å². The number of hydrogen-bond donors (Lipinski definition) is 1. The molecule has 2 heterocycles. The summed E-state index contributed by atoms with van der Waals surface area (Å²) in [7, 11) is 0. The standard InChI is InChI=1S/C20H12Cl2N2O4S/c21-11-6-12(22)8-13(7-11)23-17(25)9-16-18(26)24-19(29-16)14-5-10-3-1-2-4-15(10)28-20(14)27/h1-8,16H,9H2,(H,23,25). The lowest BCUT2D eigenvalue weighted by atomic mass is 10.2. The van der Waals surface area contributed by atoms with Gasteiger partial charge in [-0.1, -0.05) is 53.2 Å². The van der Waals surface area contributed by atoms with Gasteiger partial charge in [-0.05, 0) is 30.3 Å². The molecule has 0 saturated heterocycles. The summed E-state index contributed by atoms with van der Waals surface area (Å²) in [6, 6.07) is 13.3. The fourth-order valence-corrected chi connectivity index (χ4v) is 4.45. The van der Waals surface area contributed by atoms with Gasteiger partial charge in [0.25, 0.3) is 5.91 Å². The molecule has 1 aliphatic rings. The number of para-hydroxylation sites is 1. The molecule has 4 rings (SSSR count). The van der Waals surface area contributed by atoms with Gasteiger partial charge in [0.1, 0.15) is 15.9 Å². The van der Waals surface area contributed by atoms with Gasteiger partial charge >= 0.3 is 5.63 Å². The van der Waals surface area contributed by atoms with Crippen molar-refractivity contribution in [2.75, 3.05) is 5.32 Å². The van der Waals surface area contributed by atoms with Crippen LogP contribution < -0.4 is 10.9 Å². The Morgan fingerprint density at radius 1 is 1.10 bits per heavy atom. The summed E-state index contributed by atoms with van der Waals surface area (Å²) in [4.78, 5) is 40.8. The normalized spacial score (nSPS) is 16.1. The van der Waals surface area contributed by atoms with Gasteiger partial charge in [0.15, 0.2) is 0 Å². The quantitative estimate of drug-likeness (QED) is 0.595. The van der Waals surface area contributed by atoms with E-state index in [4.69, 9.17) is 27.6 Å². The molecule has 6 nitrogen and oxygen atoms in total. The molecule has 1 unspecified atom stereocenters. The molecule has 2 aromatic carbocycles. The van der Waals surface area contributed by atoms with E-state index < -0.39 is 22.7 Å². The number of nitrogens with one attached hydrogen (secondary N) is 1. The van der Waals surface area contributed by atoms with Gasteiger partial charge in [0.05, 0.1) is 5.56 Å². The van der Waals surface area contributed by atoms with Crippen molar-refractivity contribution in [1.82, 2.24) is 0 Å². The van der Waals surface area contributed by atoms with Crippen LogP contribution in [0.3, 0.4) is 0 Å². The highest BCUT2D eigenvalue weighted by Gasteiger charge is 2.32. The molecule has 3 aromatic rings. The van der Waals surface area contributed by atoms with E-state index in [0.717, 1.165) is 17.1 Å². The Morgan fingerprint density at radius 3 is 2.59 bits per heavy atom. The van der Waals surface area contributed by atoms with Gasteiger partial charge in [-0.25, -0.2) is 9.79 Å². The second kappa shape index (κ2) is 8.02. The van der Waals surface area contributed by atoms with Crippen molar-refractivity contribution in [3.63, 3.8) is 0 Å². The third-order valence-electron chi connectivity index (χ3n) is 4.13. The smallest absolute Gasteiger partial charge is 0.346 e. The molecular weight excluding hydrogens is 435 g/mol. The van der Waals surface area contributed by atoms with E-state index in [-0.39, 0.29) is 17.0 Å². The molecule has 146 valence electrons.